The highest BCUT2D eigenvalue weighted by atomic mass is 32.1. The molecule has 2 aromatic carbocycles. The van der Waals surface area contributed by atoms with Crippen LogP contribution < -0.4 is 4.90 Å². The molecular formula is C20H20F2N4O3S. The molecule has 10 heteroatoms. The number of nitrogens with zero attached hydrogens (tertiary/aromatic N) is 4. The van der Waals surface area contributed by atoms with Crippen LogP contribution in [-0.2, 0) is 0 Å². The van der Waals surface area contributed by atoms with Gasteiger partial charge in [-0.05, 0) is 25.2 Å². The molecule has 0 saturated carbocycles. The third kappa shape index (κ3) is 4.44. The predicted molar refractivity (Wildman–Crippen MR) is 112 cm³/mol. The summed E-state index contributed by atoms with van der Waals surface area (Å²) in [6.45, 7) is 6.15. The number of nitro benzene ring substituents is 1. The number of para-hydroxylation sites is 1. The summed E-state index contributed by atoms with van der Waals surface area (Å²) in [5.74, 6) is -2.18. The van der Waals surface area contributed by atoms with Crippen molar-refractivity contribution in [1.29, 1.82) is 0 Å². The predicted octanol–water partition coefficient (Wildman–Crippen LogP) is 4.47. The molecule has 1 amide bonds. The fourth-order valence-electron chi connectivity index (χ4n) is 3.09. The van der Waals surface area contributed by atoms with Gasteiger partial charge in [-0.15, -0.1) is 0 Å². The van der Waals surface area contributed by atoms with Crippen molar-refractivity contribution in [1.82, 2.24) is 9.88 Å². The third-order valence-corrected chi connectivity index (χ3v) is 5.77. The Labute approximate surface area is 175 Å². The Kier molecular flexibility index (Phi) is 6.68. The van der Waals surface area contributed by atoms with Crippen molar-refractivity contribution in [3.8, 4) is 0 Å². The maximum Gasteiger partial charge on any atom is 0.282 e. The Morgan fingerprint density at radius 1 is 1.17 bits per heavy atom. The lowest BCUT2D eigenvalue weighted by Crippen LogP contribution is -2.39. The average molecular weight is 434 g/mol. The van der Waals surface area contributed by atoms with Crippen molar-refractivity contribution in [2.45, 2.75) is 13.8 Å². The molecule has 0 fully saturated rings. The van der Waals surface area contributed by atoms with Crippen molar-refractivity contribution < 1.29 is 18.5 Å². The molecule has 0 atom stereocenters. The van der Waals surface area contributed by atoms with E-state index in [0.717, 1.165) is 36.6 Å². The number of anilines is 1. The summed E-state index contributed by atoms with van der Waals surface area (Å²) in [4.78, 5) is 31.6. The van der Waals surface area contributed by atoms with Gasteiger partial charge < -0.3 is 4.90 Å². The number of amides is 1. The lowest BCUT2D eigenvalue weighted by atomic mass is 10.1. The van der Waals surface area contributed by atoms with Crippen LogP contribution in [0.25, 0.3) is 10.2 Å². The van der Waals surface area contributed by atoms with Gasteiger partial charge in [0, 0.05) is 25.2 Å². The Bertz CT molecular complexity index is 1090. The zero-order chi connectivity index (χ0) is 21.8. The van der Waals surface area contributed by atoms with Gasteiger partial charge in [0.05, 0.1) is 9.62 Å². The molecule has 3 rings (SSSR count). The normalized spacial score (nSPS) is 11.2. The van der Waals surface area contributed by atoms with E-state index in [1.165, 1.54) is 29.2 Å². The minimum Gasteiger partial charge on any atom is -0.302 e. The van der Waals surface area contributed by atoms with Gasteiger partial charge >= 0.3 is 0 Å². The van der Waals surface area contributed by atoms with E-state index in [1.807, 2.05) is 13.8 Å². The van der Waals surface area contributed by atoms with Gasteiger partial charge in [-0.2, -0.15) is 0 Å². The Morgan fingerprint density at radius 3 is 2.53 bits per heavy atom. The first-order valence-electron chi connectivity index (χ1n) is 9.38. The first kappa shape index (κ1) is 21.7. The molecule has 7 nitrogen and oxygen atoms in total. The molecule has 0 aliphatic rings. The number of nitro groups is 1. The number of rotatable bonds is 8. The van der Waals surface area contributed by atoms with E-state index >= 15 is 0 Å². The molecule has 1 heterocycles. The summed E-state index contributed by atoms with van der Waals surface area (Å²) in [6.07, 6.45) is 0. The van der Waals surface area contributed by atoms with E-state index in [4.69, 9.17) is 0 Å². The molecular weight excluding hydrogens is 414 g/mol. The number of hydrogen-bond donors (Lipinski definition) is 0. The van der Waals surface area contributed by atoms with Crippen LogP contribution in [-0.4, -0.2) is 46.9 Å². The molecule has 0 radical (unpaired) electrons. The minimum absolute atomic E-state index is 0.0420. The van der Waals surface area contributed by atoms with Gasteiger partial charge in [-0.25, -0.2) is 13.8 Å². The minimum atomic E-state index is -0.825. The van der Waals surface area contributed by atoms with Crippen LogP contribution in [0, 0.1) is 21.7 Å². The van der Waals surface area contributed by atoms with E-state index in [2.05, 4.69) is 9.88 Å². The second-order valence-electron chi connectivity index (χ2n) is 6.49. The van der Waals surface area contributed by atoms with Gasteiger partial charge in [-0.1, -0.05) is 37.3 Å². The lowest BCUT2D eigenvalue weighted by Gasteiger charge is -2.24. The van der Waals surface area contributed by atoms with Crippen molar-refractivity contribution in [3.63, 3.8) is 0 Å². The average Bonchev–Trinajstić information content (AvgIpc) is 3.15. The van der Waals surface area contributed by atoms with Crippen LogP contribution in [0.3, 0.4) is 0 Å². The van der Waals surface area contributed by atoms with Crippen LogP contribution in [0.1, 0.15) is 24.2 Å². The maximum atomic E-state index is 14.1. The van der Waals surface area contributed by atoms with E-state index in [-0.39, 0.29) is 33.1 Å². The van der Waals surface area contributed by atoms with Gasteiger partial charge in [0.1, 0.15) is 16.9 Å². The van der Waals surface area contributed by atoms with E-state index in [0.29, 0.717) is 6.54 Å². The number of aromatic nitrogens is 1. The van der Waals surface area contributed by atoms with E-state index < -0.39 is 22.5 Å². The number of carbonyl (C=O) groups excluding carboxylic acids is 1. The molecule has 1 aromatic heterocycles. The van der Waals surface area contributed by atoms with Crippen molar-refractivity contribution >= 4 is 38.3 Å². The summed E-state index contributed by atoms with van der Waals surface area (Å²) in [5.41, 5.74) is -0.457. The zero-order valence-corrected chi connectivity index (χ0v) is 17.3. The van der Waals surface area contributed by atoms with Crippen LogP contribution >= 0.6 is 11.3 Å². The molecule has 0 bridgehead atoms. The molecule has 0 spiro atoms. The number of carbonyl (C=O) groups is 1. The van der Waals surface area contributed by atoms with Crippen molar-refractivity contribution in [3.05, 3.63) is 63.7 Å². The third-order valence-electron chi connectivity index (χ3n) is 4.74. The topological polar surface area (TPSA) is 79.6 Å². The molecule has 0 aliphatic heterocycles. The van der Waals surface area contributed by atoms with Crippen LogP contribution in [0.5, 0.6) is 0 Å². The van der Waals surface area contributed by atoms with Gasteiger partial charge in [0.2, 0.25) is 0 Å². The van der Waals surface area contributed by atoms with Crippen LogP contribution in [0.2, 0.25) is 0 Å². The number of benzene rings is 2. The molecule has 3 aromatic rings. The highest BCUT2D eigenvalue weighted by molar-refractivity contribution is 7.22. The summed E-state index contributed by atoms with van der Waals surface area (Å²) in [6, 6.07) is 7.52. The second-order valence-corrected chi connectivity index (χ2v) is 7.50. The Balaban J connectivity index is 2.06. The monoisotopic (exact) mass is 434 g/mol. The number of halogens is 2. The number of likely N-dealkylation sites (N-methyl/N-ethyl adjacent to an activating group) is 1. The van der Waals surface area contributed by atoms with Crippen molar-refractivity contribution in [2.75, 3.05) is 31.1 Å². The first-order chi connectivity index (χ1) is 14.3. The molecule has 0 saturated heterocycles. The highest BCUT2D eigenvalue weighted by Gasteiger charge is 2.28. The highest BCUT2D eigenvalue weighted by Crippen LogP contribution is 2.32. The second kappa shape index (κ2) is 9.23. The van der Waals surface area contributed by atoms with Gasteiger partial charge in [0.15, 0.2) is 10.9 Å². The van der Waals surface area contributed by atoms with Crippen LogP contribution in [0.15, 0.2) is 36.4 Å². The number of thiazole rings is 1. The molecule has 0 aliphatic carbocycles. The van der Waals surface area contributed by atoms with Gasteiger partial charge in [0.25, 0.3) is 11.6 Å². The van der Waals surface area contributed by atoms with E-state index in [1.54, 1.807) is 0 Å². The standard InChI is InChI=1S/C20H20F2N4O3S/c1-3-24(4-2)9-10-25(19(27)14-7-5-6-8-16(14)26(28)29)20-23-18-15(22)11-13(21)12-17(18)30-20/h5-8,11-12H,3-4,9-10H2,1-2H3. The molecule has 0 unspecified atom stereocenters. The van der Waals surface area contributed by atoms with Crippen molar-refractivity contribution in [2.24, 2.45) is 0 Å². The maximum absolute atomic E-state index is 14.1. The molecule has 158 valence electrons. The smallest absolute Gasteiger partial charge is 0.282 e. The summed E-state index contributed by atoms with van der Waals surface area (Å²) >= 11 is 0.963. The SMILES string of the molecule is CCN(CC)CCN(C(=O)c1ccccc1[N+](=O)[O-])c1nc2c(F)cc(F)cc2s1. The largest absolute Gasteiger partial charge is 0.302 e. The molecule has 30 heavy (non-hydrogen) atoms. The first-order valence-corrected chi connectivity index (χ1v) is 10.2. The fourth-order valence-corrected chi connectivity index (χ4v) is 4.11. The Hall–Kier alpha value is -2.98. The Morgan fingerprint density at radius 2 is 1.87 bits per heavy atom. The summed E-state index contributed by atoms with van der Waals surface area (Å²) in [5, 5.41) is 11.5. The van der Waals surface area contributed by atoms with E-state index in [9.17, 15) is 23.7 Å². The van der Waals surface area contributed by atoms with Crippen LogP contribution in [0.4, 0.5) is 19.6 Å². The zero-order valence-electron chi connectivity index (χ0n) is 16.5. The quantitative estimate of drug-likeness (QED) is 0.386. The number of fused-ring (bicyclic) bond motifs is 1. The lowest BCUT2D eigenvalue weighted by molar-refractivity contribution is -0.385. The molecule has 0 N–H and O–H groups in total. The summed E-state index contributed by atoms with van der Waals surface area (Å²) < 4.78 is 28.0. The fraction of sp³-hybridized carbons (Fsp3) is 0.300. The summed E-state index contributed by atoms with van der Waals surface area (Å²) in [7, 11) is 0. The number of hydrogen-bond acceptors (Lipinski definition) is 6. The van der Waals surface area contributed by atoms with Gasteiger partial charge in [-0.3, -0.25) is 19.8 Å².